The maximum Gasteiger partial charge on any atom is 0.340 e. The number of carbonyl (C=O) groups is 1. The molecule has 1 heterocycles. The number of nitrogens with zero attached hydrogens (tertiary/aromatic N) is 1. The van der Waals surface area contributed by atoms with E-state index < -0.39 is 5.97 Å². The standard InChI is InChI=1S/C9H13NO3/c1-9(2,3)4-7-6(8(11)12)5-13-10-7/h5H,4H2,1-3H3,(H,11,12). The van der Waals surface area contributed by atoms with E-state index in [1.807, 2.05) is 20.8 Å². The van der Waals surface area contributed by atoms with Crippen molar-refractivity contribution in [3.8, 4) is 0 Å². The Kier molecular flexibility index (Phi) is 2.40. The molecular weight excluding hydrogens is 170 g/mol. The molecule has 0 spiro atoms. The van der Waals surface area contributed by atoms with Crippen molar-refractivity contribution in [3.63, 3.8) is 0 Å². The summed E-state index contributed by atoms with van der Waals surface area (Å²) >= 11 is 0. The second kappa shape index (κ2) is 3.20. The fourth-order valence-electron chi connectivity index (χ4n) is 1.06. The molecule has 4 heteroatoms. The van der Waals surface area contributed by atoms with E-state index in [9.17, 15) is 4.79 Å². The van der Waals surface area contributed by atoms with Crippen molar-refractivity contribution in [1.29, 1.82) is 0 Å². The average Bonchev–Trinajstić information content (AvgIpc) is 2.31. The topological polar surface area (TPSA) is 63.3 Å². The number of carboxylic acid groups (broad SMARTS) is 1. The van der Waals surface area contributed by atoms with Gasteiger partial charge in [-0.2, -0.15) is 0 Å². The molecule has 0 unspecified atom stereocenters. The molecule has 0 aromatic carbocycles. The summed E-state index contributed by atoms with van der Waals surface area (Å²) in [5, 5.41) is 12.4. The molecule has 0 saturated heterocycles. The highest BCUT2D eigenvalue weighted by atomic mass is 16.5. The molecule has 1 aromatic rings. The van der Waals surface area contributed by atoms with Crippen molar-refractivity contribution in [2.24, 2.45) is 5.41 Å². The second-order valence-electron chi connectivity index (χ2n) is 4.22. The molecule has 0 aliphatic carbocycles. The Hall–Kier alpha value is -1.32. The molecule has 0 aliphatic heterocycles. The summed E-state index contributed by atoms with van der Waals surface area (Å²) in [6, 6.07) is 0. The van der Waals surface area contributed by atoms with Gasteiger partial charge >= 0.3 is 5.97 Å². The molecule has 1 N–H and O–H groups in total. The van der Waals surface area contributed by atoms with Crippen LogP contribution in [0.3, 0.4) is 0 Å². The van der Waals surface area contributed by atoms with Gasteiger partial charge in [0.05, 0.1) is 5.69 Å². The molecule has 0 saturated carbocycles. The number of rotatable bonds is 2. The molecular formula is C9H13NO3. The van der Waals surface area contributed by atoms with Crippen LogP contribution in [0.25, 0.3) is 0 Å². The summed E-state index contributed by atoms with van der Waals surface area (Å²) in [5.41, 5.74) is 0.691. The number of aromatic carboxylic acids is 1. The van der Waals surface area contributed by atoms with Crippen LogP contribution in [0.1, 0.15) is 36.8 Å². The zero-order chi connectivity index (χ0) is 10.1. The van der Waals surface area contributed by atoms with Gasteiger partial charge in [-0.05, 0) is 11.8 Å². The minimum absolute atomic E-state index is 0.0150. The molecule has 4 nitrogen and oxygen atoms in total. The summed E-state index contributed by atoms with van der Waals surface area (Å²) < 4.78 is 4.62. The van der Waals surface area contributed by atoms with Crippen molar-refractivity contribution in [1.82, 2.24) is 5.16 Å². The minimum atomic E-state index is -0.986. The van der Waals surface area contributed by atoms with Crippen LogP contribution in [0.15, 0.2) is 10.8 Å². The molecule has 0 bridgehead atoms. The van der Waals surface area contributed by atoms with Gasteiger partial charge in [0, 0.05) is 0 Å². The van der Waals surface area contributed by atoms with Gasteiger partial charge in [0.15, 0.2) is 0 Å². The van der Waals surface area contributed by atoms with Crippen LogP contribution in [0.5, 0.6) is 0 Å². The fraction of sp³-hybridized carbons (Fsp3) is 0.556. The van der Waals surface area contributed by atoms with E-state index in [0.29, 0.717) is 12.1 Å². The first-order valence-corrected chi connectivity index (χ1v) is 4.07. The summed E-state index contributed by atoms with van der Waals surface area (Å²) in [7, 11) is 0. The Morgan fingerprint density at radius 1 is 1.62 bits per heavy atom. The maximum atomic E-state index is 10.7. The van der Waals surface area contributed by atoms with E-state index >= 15 is 0 Å². The highest BCUT2D eigenvalue weighted by Gasteiger charge is 2.20. The van der Waals surface area contributed by atoms with Crippen LogP contribution in [0.2, 0.25) is 0 Å². The zero-order valence-corrected chi connectivity index (χ0v) is 8.00. The fourth-order valence-corrected chi connectivity index (χ4v) is 1.06. The van der Waals surface area contributed by atoms with Crippen molar-refractivity contribution < 1.29 is 14.4 Å². The number of aromatic nitrogens is 1. The van der Waals surface area contributed by atoms with Crippen LogP contribution in [-0.4, -0.2) is 16.2 Å². The van der Waals surface area contributed by atoms with E-state index in [0.717, 1.165) is 0 Å². The molecule has 1 aromatic heterocycles. The predicted octanol–water partition coefficient (Wildman–Crippen LogP) is 1.96. The monoisotopic (exact) mass is 183 g/mol. The van der Waals surface area contributed by atoms with Gasteiger partial charge in [0.25, 0.3) is 0 Å². The quantitative estimate of drug-likeness (QED) is 0.761. The Bertz CT molecular complexity index is 309. The van der Waals surface area contributed by atoms with E-state index in [1.54, 1.807) is 0 Å². The maximum absolute atomic E-state index is 10.7. The lowest BCUT2D eigenvalue weighted by Crippen LogP contribution is -2.12. The predicted molar refractivity (Wildman–Crippen MR) is 46.6 cm³/mol. The van der Waals surface area contributed by atoms with Gasteiger partial charge in [-0.25, -0.2) is 4.79 Å². The second-order valence-corrected chi connectivity index (χ2v) is 4.22. The van der Waals surface area contributed by atoms with Gasteiger partial charge in [-0.1, -0.05) is 25.9 Å². The van der Waals surface area contributed by atoms with Crippen LogP contribution >= 0.6 is 0 Å². The van der Waals surface area contributed by atoms with E-state index in [4.69, 9.17) is 5.11 Å². The molecule has 0 atom stereocenters. The van der Waals surface area contributed by atoms with E-state index in [1.165, 1.54) is 6.26 Å². The van der Waals surface area contributed by atoms with Gasteiger partial charge in [-0.3, -0.25) is 0 Å². The highest BCUT2D eigenvalue weighted by molar-refractivity contribution is 5.88. The Balaban J connectivity index is 2.89. The van der Waals surface area contributed by atoms with Crippen molar-refractivity contribution in [3.05, 3.63) is 17.5 Å². The first-order chi connectivity index (χ1) is 5.90. The smallest absolute Gasteiger partial charge is 0.340 e. The molecule has 72 valence electrons. The van der Waals surface area contributed by atoms with Crippen LogP contribution < -0.4 is 0 Å². The van der Waals surface area contributed by atoms with Crippen LogP contribution in [0, 0.1) is 5.41 Å². The van der Waals surface area contributed by atoms with Crippen LogP contribution in [0.4, 0.5) is 0 Å². The van der Waals surface area contributed by atoms with Crippen molar-refractivity contribution in [2.75, 3.05) is 0 Å². The van der Waals surface area contributed by atoms with Crippen molar-refractivity contribution >= 4 is 5.97 Å². The number of carboxylic acids is 1. The van der Waals surface area contributed by atoms with Gasteiger partial charge < -0.3 is 9.63 Å². The molecule has 0 amide bonds. The molecule has 0 fully saturated rings. The number of hydrogen-bond acceptors (Lipinski definition) is 3. The Morgan fingerprint density at radius 3 is 2.69 bits per heavy atom. The van der Waals surface area contributed by atoms with Gasteiger partial charge in [0.1, 0.15) is 11.8 Å². The normalized spacial score (nSPS) is 11.6. The highest BCUT2D eigenvalue weighted by Crippen LogP contribution is 2.21. The Morgan fingerprint density at radius 2 is 2.23 bits per heavy atom. The van der Waals surface area contributed by atoms with Crippen LogP contribution in [-0.2, 0) is 6.42 Å². The summed E-state index contributed by atoms with van der Waals surface area (Å²) in [5.74, 6) is -0.986. The zero-order valence-electron chi connectivity index (χ0n) is 8.00. The third-order valence-electron chi connectivity index (χ3n) is 1.57. The van der Waals surface area contributed by atoms with E-state index in [-0.39, 0.29) is 11.0 Å². The first-order valence-electron chi connectivity index (χ1n) is 4.07. The molecule has 13 heavy (non-hydrogen) atoms. The largest absolute Gasteiger partial charge is 0.478 e. The lowest BCUT2D eigenvalue weighted by Gasteiger charge is -2.15. The van der Waals surface area contributed by atoms with Gasteiger partial charge in [-0.15, -0.1) is 0 Å². The van der Waals surface area contributed by atoms with Gasteiger partial charge in [0.2, 0.25) is 0 Å². The van der Waals surface area contributed by atoms with E-state index in [2.05, 4.69) is 9.68 Å². The molecule has 1 rings (SSSR count). The molecule has 0 aliphatic rings. The first kappa shape index (κ1) is 9.77. The third-order valence-corrected chi connectivity index (χ3v) is 1.57. The summed E-state index contributed by atoms with van der Waals surface area (Å²) in [4.78, 5) is 10.7. The summed E-state index contributed by atoms with van der Waals surface area (Å²) in [6.45, 7) is 6.06. The third kappa shape index (κ3) is 2.57. The minimum Gasteiger partial charge on any atom is -0.478 e. The average molecular weight is 183 g/mol. The number of hydrogen-bond donors (Lipinski definition) is 1. The summed E-state index contributed by atoms with van der Waals surface area (Å²) in [6.07, 6.45) is 1.77. The molecule has 0 radical (unpaired) electrons. The SMILES string of the molecule is CC(C)(C)Cc1nocc1C(=O)O. The Labute approximate surface area is 76.5 Å². The van der Waals surface area contributed by atoms with Crippen molar-refractivity contribution in [2.45, 2.75) is 27.2 Å². The lowest BCUT2D eigenvalue weighted by atomic mass is 9.89. The lowest BCUT2D eigenvalue weighted by molar-refractivity contribution is 0.0694.